The standard InChI is InChI=1S/C11H12N4O/c1-14-10(6-7-11(14)16)15-9-5-3-2-4-8(9)12-13-15/h2-5,10H,6-7H2,1H3. The summed E-state index contributed by atoms with van der Waals surface area (Å²) in [5.74, 6) is 0.171. The van der Waals surface area contributed by atoms with Gasteiger partial charge >= 0.3 is 0 Å². The number of fused-ring (bicyclic) bond motifs is 1. The molecule has 0 bridgehead atoms. The molecule has 5 nitrogen and oxygen atoms in total. The number of likely N-dealkylation sites (tertiary alicyclic amines) is 1. The van der Waals surface area contributed by atoms with Crippen molar-refractivity contribution in [1.29, 1.82) is 0 Å². The van der Waals surface area contributed by atoms with E-state index in [-0.39, 0.29) is 12.1 Å². The molecule has 5 heteroatoms. The highest BCUT2D eigenvalue weighted by Crippen LogP contribution is 2.27. The lowest BCUT2D eigenvalue weighted by Crippen LogP contribution is -2.27. The van der Waals surface area contributed by atoms with Crippen molar-refractivity contribution in [3.8, 4) is 0 Å². The molecule has 0 spiro atoms. The number of hydrogen-bond donors (Lipinski definition) is 0. The van der Waals surface area contributed by atoms with E-state index < -0.39 is 0 Å². The highest BCUT2D eigenvalue weighted by molar-refractivity contribution is 5.79. The van der Waals surface area contributed by atoms with Gasteiger partial charge in [-0.15, -0.1) is 5.10 Å². The maximum absolute atomic E-state index is 11.5. The van der Waals surface area contributed by atoms with Gasteiger partial charge in [-0.25, -0.2) is 4.68 Å². The number of benzene rings is 1. The lowest BCUT2D eigenvalue weighted by molar-refractivity contribution is -0.128. The molecule has 2 aromatic rings. The molecule has 1 aliphatic heterocycles. The van der Waals surface area contributed by atoms with Crippen LogP contribution in [0.2, 0.25) is 0 Å². The molecule has 1 aromatic carbocycles. The van der Waals surface area contributed by atoms with Gasteiger partial charge in [-0.1, -0.05) is 17.3 Å². The normalized spacial score (nSPS) is 20.9. The van der Waals surface area contributed by atoms with Crippen molar-refractivity contribution in [2.75, 3.05) is 7.05 Å². The van der Waals surface area contributed by atoms with Crippen molar-refractivity contribution >= 4 is 16.9 Å². The topological polar surface area (TPSA) is 51.0 Å². The fourth-order valence-corrected chi connectivity index (χ4v) is 2.18. The zero-order chi connectivity index (χ0) is 11.1. The third-order valence-electron chi connectivity index (χ3n) is 3.12. The number of para-hydroxylation sites is 1. The Hall–Kier alpha value is -1.91. The summed E-state index contributed by atoms with van der Waals surface area (Å²) in [6.45, 7) is 0. The summed E-state index contributed by atoms with van der Waals surface area (Å²) in [4.78, 5) is 13.2. The molecule has 1 amide bonds. The first-order chi connectivity index (χ1) is 7.77. The van der Waals surface area contributed by atoms with Gasteiger partial charge in [0, 0.05) is 13.5 Å². The van der Waals surface area contributed by atoms with E-state index in [1.165, 1.54) is 0 Å². The second-order valence-corrected chi connectivity index (χ2v) is 4.05. The molecule has 3 rings (SSSR count). The number of amides is 1. The summed E-state index contributed by atoms with van der Waals surface area (Å²) < 4.78 is 1.83. The van der Waals surface area contributed by atoms with Gasteiger partial charge in [0.2, 0.25) is 5.91 Å². The summed E-state index contributed by atoms with van der Waals surface area (Å²) in [6.07, 6.45) is 1.41. The Balaban J connectivity index is 2.09. The first-order valence-corrected chi connectivity index (χ1v) is 5.33. The fourth-order valence-electron chi connectivity index (χ4n) is 2.18. The van der Waals surface area contributed by atoms with Crippen LogP contribution in [-0.2, 0) is 4.79 Å². The van der Waals surface area contributed by atoms with Crippen molar-refractivity contribution in [3.05, 3.63) is 24.3 Å². The number of aromatic nitrogens is 3. The number of carbonyl (C=O) groups excluding carboxylic acids is 1. The Bertz CT molecular complexity index is 548. The lowest BCUT2D eigenvalue weighted by Gasteiger charge is -2.19. The molecule has 0 saturated carbocycles. The molecule has 1 atom stereocenters. The van der Waals surface area contributed by atoms with Gasteiger partial charge in [0.25, 0.3) is 0 Å². The zero-order valence-electron chi connectivity index (χ0n) is 9.00. The third kappa shape index (κ3) is 1.21. The van der Waals surface area contributed by atoms with Crippen LogP contribution < -0.4 is 0 Å². The van der Waals surface area contributed by atoms with E-state index in [0.717, 1.165) is 17.5 Å². The van der Waals surface area contributed by atoms with Crippen molar-refractivity contribution in [3.63, 3.8) is 0 Å². The number of rotatable bonds is 1. The molecule has 1 fully saturated rings. The first-order valence-electron chi connectivity index (χ1n) is 5.33. The summed E-state index contributed by atoms with van der Waals surface area (Å²) in [5.41, 5.74) is 1.85. The maximum atomic E-state index is 11.5. The minimum atomic E-state index is 0.0138. The molecule has 2 heterocycles. The van der Waals surface area contributed by atoms with E-state index in [1.807, 2.05) is 36.0 Å². The second kappa shape index (κ2) is 3.30. The van der Waals surface area contributed by atoms with Crippen molar-refractivity contribution in [1.82, 2.24) is 19.9 Å². The van der Waals surface area contributed by atoms with Gasteiger partial charge in [-0.05, 0) is 18.6 Å². The van der Waals surface area contributed by atoms with Crippen LogP contribution in [0.4, 0.5) is 0 Å². The van der Waals surface area contributed by atoms with Gasteiger partial charge in [-0.2, -0.15) is 0 Å². The minimum absolute atomic E-state index is 0.0138. The largest absolute Gasteiger partial charge is 0.323 e. The molecule has 0 N–H and O–H groups in total. The molecule has 82 valence electrons. The molecule has 1 saturated heterocycles. The molecule has 1 aliphatic rings. The van der Waals surface area contributed by atoms with Crippen LogP contribution in [0.3, 0.4) is 0 Å². The van der Waals surface area contributed by atoms with E-state index in [1.54, 1.807) is 4.90 Å². The van der Waals surface area contributed by atoms with Gasteiger partial charge in [0.1, 0.15) is 11.7 Å². The summed E-state index contributed by atoms with van der Waals surface area (Å²) in [5, 5.41) is 8.23. The van der Waals surface area contributed by atoms with Crippen LogP contribution >= 0.6 is 0 Å². The zero-order valence-corrected chi connectivity index (χ0v) is 9.00. The Morgan fingerprint density at radius 1 is 1.38 bits per heavy atom. The number of nitrogens with zero attached hydrogens (tertiary/aromatic N) is 4. The maximum Gasteiger partial charge on any atom is 0.224 e. The monoisotopic (exact) mass is 216 g/mol. The highest BCUT2D eigenvalue weighted by atomic mass is 16.2. The molecular formula is C11H12N4O. The van der Waals surface area contributed by atoms with Crippen molar-refractivity contribution < 1.29 is 4.79 Å². The van der Waals surface area contributed by atoms with Crippen LogP contribution in [0.1, 0.15) is 19.0 Å². The Labute approximate surface area is 92.6 Å². The highest BCUT2D eigenvalue weighted by Gasteiger charge is 2.30. The Morgan fingerprint density at radius 2 is 2.19 bits per heavy atom. The molecule has 1 aromatic heterocycles. The van der Waals surface area contributed by atoms with E-state index in [9.17, 15) is 4.79 Å². The molecular weight excluding hydrogens is 204 g/mol. The summed E-state index contributed by atoms with van der Waals surface area (Å²) >= 11 is 0. The van der Waals surface area contributed by atoms with Gasteiger partial charge in [0.05, 0.1) is 5.52 Å². The van der Waals surface area contributed by atoms with E-state index >= 15 is 0 Å². The summed E-state index contributed by atoms with van der Waals surface area (Å²) in [7, 11) is 1.82. The van der Waals surface area contributed by atoms with E-state index in [4.69, 9.17) is 0 Å². The van der Waals surface area contributed by atoms with Crippen LogP contribution in [0, 0.1) is 0 Å². The van der Waals surface area contributed by atoms with Crippen LogP contribution in [0.15, 0.2) is 24.3 Å². The Morgan fingerprint density at radius 3 is 2.94 bits per heavy atom. The van der Waals surface area contributed by atoms with Gasteiger partial charge in [0.15, 0.2) is 0 Å². The second-order valence-electron chi connectivity index (χ2n) is 4.05. The average molecular weight is 216 g/mol. The van der Waals surface area contributed by atoms with Crippen LogP contribution in [0.25, 0.3) is 11.0 Å². The van der Waals surface area contributed by atoms with Crippen LogP contribution in [0.5, 0.6) is 0 Å². The predicted octanol–water partition coefficient (Wildman–Crippen LogP) is 1.18. The Kier molecular flexibility index (Phi) is 1.92. The van der Waals surface area contributed by atoms with E-state index in [0.29, 0.717) is 6.42 Å². The van der Waals surface area contributed by atoms with E-state index in [2.05, 4.69) is 10.3 Å². The van der Waals surface area contributed by atoms with Crippen molar-refractivity contribution in [2.24, 2.45) is 0 Å². The lowest BCUT2D eigenvalue weighted by atomic mass is 10.3. The summed E-state index contributed by atoms with van der Waals surface area (Å²) in [6, 6.07) is 7.80. The predicted molar refractivity (Wildman–Crippen MR) is 58.6 cm³/mol. The van der Waals surface area contributed by atoms with Gasteiger partial charge in [-0.3, -0.25) is 4.79 Å². The smallest absolute Gasteiger partial charge is 0.224 e. The first kappa shape index (κ1) is 9.33. The van der Waals surface area contributed by atoms with Crippen LogP contribution in [-0.4, -0.2) is 32.8 Å². The van der Waals surface area contributed by atoms with Crippen molar-refractivity contribution in [2.45, 2.75) is 19.0 Å². The molecule has 16 heavy (non-hydrogen) atoms. The third-order valence-corrected chi connectivity index (χ3v) is 3.12. The number of carbonyl (C=O) groups is 1. The van der Waals surface area contributed by atoms with Gasteiger partial charge < -0.3 is 4.90 Å². The quantitative estimate of drug-likeness (QED) is 0.719. The molecule has 0 radical (unpaired) electrons. The average Bonchev–Trinajstić information content (AvgIpc) is 2.85. The number of hydrogen-bond acceptors (Lipinski definition) is 3. The minimum Gasteiger partial charge on any atom is -0.323 e. The fraction of sp³-hybridized carbons (Fsp3) is 0.364. The SMILES string of the molecule is CN1C(=O)CCC1n1nnc2ccccc21. The molecule has 0 aliphatic carbocycles. The molecule has 1 unspecified atom stereocenters.